The van der Waals surface area contributed by atoms with Crippen molar-refractivity contribution in [2.45, 2.75) is 13.0 Å². The van der Waals surface area contributed by atoms with Crippen molar-refractivity contribution < 1.29 is 23.8 Å². The van der Waals surface area contributed by atoms with Crippen molar-refractivity contribution in [2.75, 3.05) is 11.9 Å². The van der Waals surface area contributed by atoms with Crippen LogP contribution in [0.5, 0.6) is 17.2 Å². The average molecular weight is 416 g/mol. The lowest BCUT2D eigenvalue weighted by atomic mass is 10.2. The number of amides is 1. The number of rotatable bonds is 8. The molecule has 0 aliphatic rings. The summed E-state index contributed by atoms with van der Waals surface area (Å²) in [5.41, 5.74) is 1.03. The third-order valence-electron chi connectivity index (χ3n) is 4.12. The number of carbonyl (C=O) groups excluding carboxylic acids is 2. The van der Waals surface area contributed by atoms with E-state index < -0.39 is 18.0 Å². The molecule has 0 fully saturated rings. The van der Waals surface area contributed by atoms with Gasteiger partial charge >= 0.3 is 5.97 Å². The first-order valence-electron chi connectivity index (χ1n) is 9.50. The number of hydrogen-bond donors (Lipinski definition) is 1. The SMILES string of the molecule is CC(OC(=O)COc1ccc(C#N)cc1)C(=O)Nc1ccc(Oc2ccccc2)cc1. The zero-order valence-electron chi connectivity index (χ0n) is 16.8. The summed E-state index contributed by atoms with van der Waals surface area (Å²) in [5.74, 6) is 0.611. The highest BCUT2D eigenvalue weighted by atomic mass is 16.6. The second-order valence-electron chi connectivity index (χ2n) is 6.49. The molecular formula is C24H20N2O5. The van der Waals surface area contributed by atoms with E-state index in [4.69, 9.17) is 19.5 Å². The highest BCUT2D eigenvalue weighted by Crippen LogP contribution is 2.22. The van der Waals surface area contributed by atoms with E-state index in [9.17, 15) is 9.59 Å². The number of hydrogen-bond acceptors (Lipinski definition) is 6. The topological polar surface area (TPSA) is 97.7 Å². The van der Waals surface area contributed by atoms with Crippen LogP contribution in [-0.2, 0) is 14.3 Å². The molecule has 0 saturated heterocycles. The van der Waals surface area contributed by atoms with E-state index in [-0.39, 0.29) is 6.61 Å². The number of esters is 1. The van der Waals surface area contributed by atoms with E-state index in [0.717, 1.165) is 0 Å². The summed E-state index contributed by atoms with van der Waals surface area (Å²) in [6, 6.07) is 24.5. The molecule has 1 amide bonds. The van der Waals surface area contributed by atoms with Crippen LogP contribution in [0, 0.1) is 11.3 Å². The lowest BCUT2D eigenvalue weighted by Gasteiger charge is -2.14. The number of ether oxygens (including phenoxy) is 3. The Hall–Kier alpha value is -4.31. The van der Waals surface area contributed by atoms with Gasteiger partial charge in [0, 0.05) is 5.69 Å². The second-order valence-corrected chi connectivity index (χ2v) is 6.49. The van der Waals surface area contributed by atoms with Crippen LogP contribution < -0.4 is 14.8 Å². The fraction of sp³-hybridized carbons (Fsp3) is 0.125. The summed E-state index contributed by atoms with van der Waals surface area (Å²) < 4.78 is 16.1. The Morgan fingerprint density at radius 1 is 0.903 bits per heavy atom. The van der Waals surface area contributed by atoms with Gasteiger partial charge in [-0.1, -0.05) is 18.2 Å². The predicted octanol–water partition coefficient (Wildman–Crippen LogP) is 4.30. The van der Waals surface area contributed by atoms with Crippen LogP contribution in [0.3, 0.4) is 0 Å². The molecular weight excluding hydrogens is 396 g/mol. The molecule has 0 aromatic heterocycles. The molecule has 0 aliphatic carbocycles. The van der Waals surface area contributed by atoms with Gasteiger partial charge in [0.1, 0.15) is 17.2 Å². The maximum Gasteiger partial charge on any atom is 0.344 e. The monoisotopic (exact) mass is 416 g/mol. The van der Waals surface area contributed by atoms with Crippen molar-refractivity contribution in [3.05, 3.63) is 84.4 Å². The Bertz CT molecular complexity index is 1060. The molecule has 1 atom stereocenters. The van der Waals surface area contributed by atoms with Gasteiger partial charge in [0.2, 0.25) is 0 Å². The van der Waals surface area contributed by atoms with Gasteiger partial charge in [-0.2, -0.15) is 5.26 Å². The van der Waals surface area contributed by atoms with Crippen molar-refractivity contribution >= 4 is 17.6 Å². The maximum absolute atomic E-state index is 12.3. The van der Waals surface area contributed by atoms with Gasteiger partial charge in [0.15, 0.2) is 12.7 Å². The summed E-state index contributed by atoms with van der Waals surface area (Å²) >= 11 is 0. The minimum Gasteiger partial charge on any atom is -0.482 e. The van der Waals surface area contributed by atoms with E-state index in [1.54, 1.807) is 48.5 Å². The quantitative estimate of drug-likeness (QED) is 0.550. The van der Waals surface area contributed by atoms with Crippen LogP contribution in [0.15, 0.2) is 78.9 Å². The summed E-state index contributed by atoms with van der Waals surface area (Å²) in [4.78, 5) is 24.2. The first-order valence-corrected chi connectivity index (χ1v) is 9.50. The van der Waals surface area contributed by atoms with Gasteiger partial charge in [-0.3, -0.25) is 4.79 Å². The van der Waals surface area contributed by atoms with Crippen molar-refractivity contribution in [3.8, 4) is 23.3 Å². The number of nitrogens with zero attached hydrogens (tertiary/aromatic N) is 1. The van der Waals surface area contributed by atoms with Crippen LogP contribution in [0.2, 0.25) is 0 Å². The number of para-hydroxylation sites is 1. The summed E-state index contributed by atoms with van der Waals surface area (Å²) in [6.07, 6.45) is -1.00. The molecule has 0 bridgehead atoms. The van der Waals surface area contributed by atoms with Crippen molar-refractivity contribution in [3.63, 3.8) is 0 Å². The van der Waals surface area contributed by atoms with Gasteiger partial charge in [-0.15, -0.1) is 0 Å². The highest BCUT2D eigenvalue weighted by molar-refractivity contribution is 5.95. The zero-order chi connectivity index (χ0) is 22.1. The Labute approximate surface area is 179 Å². The molecule has 1 unspecified atom stereocenters. The van der Waals surface area contributed by atoms with Crippen LogP contribution in [0.4, 0.5) is 5.69 Å². The molecule has 3 aromatic rings. The predicted molar refractivity (Wildman–Crippen MR) is 114 cm³/mol. The lowest BCUT2D eigenvalue weighted by molar-refractivity contribution is -0.155. The Morgan fingerprint density at radius 2 is 1.52 bits per heavy atom. The van der Waals surface area contributed by atoms with Crippen molar-refractivity contribution in [1.82, 2.24) is 0 Å². The first-order chi connectivity index (χ1) is 15.0. The molecule has 0 aliphatic heterocycles. The molecule has 0 spiro atoms. The Morgan fingerprint density at radius 3 is 2.16 bits per heavy atom. The average Bonchev–Trinajstić information content (AvgIpc) is 2.80. The van der Waals surface area contributed by atoms with E-state index in [1.807, 2.05) is 36.4 Å². The number of nitriles is 1. The Kier molecular flexibility index (Phi) is 7.22. The van der Waals surface area contributed by atoms with Crippen LogP contribution in [0.25, 0.3) is 0 Å². The number of nitrogens with one attached hydrogen (secondary N) is 1. The second kappa shape index (κ2) is 10.5. The smallest absolute Gasteiger partial charge is 0.344 e. The number of benzene rings is 3. The van der Waals surface area contributed by atoms with E-state index in [2.05, 4.69) is 5.32 Å². The van der Waals surface area contributed by atoms with Gasteiger partial charge in [-0.05, 0) is 67.6 Å². The molecule has 7 heteroatoms. The minimum atomic E-state index is -1.00. The summed E-state index contributed by atoms with van der Waals surface area (Å²) in [7, 11) is 0. The zero-order valence-corrected chi connectivity index (χ0v) is 16.8. The maximum atomic E-state index is 12.3. The fourth-order valence-corrected chi connectivity index (χ4v) is 2.53. The molecule has 7 nitrogen and oxygen atoms in total. The lowest BCUT2D eigenvalue weighted by Crippen LogP contribution is -2.31. The molecule has 0 radical (unpaired) electrons. The fourth-order valence-electron chi connectivity index (χ4n) is 2.53. The molecule has 0 heterocycles. The van der Waals surface area contributed by atoms with Gasteiger partial charge in [0.05, 0.1) is 11.6 Å². The number of carbonyl (C=O) groups is 2. The Balaban J connectivity index is 1.44. The molecule has 0 saturated carbocycles. The van der Waals surface area contributed by atoms with Gasteiger partial charge < -0.3 is 19.5 Å². The molecule has 1 N–H and O–H groups in total. The third-order valence-corrected chi connectivity index (χ3v) is 4.12. The molecule has 3 aromatic carbocycles. The van der Waals surface area contributed by atoms with Crippen molar-refractivity contribution in [2.24, 2.45) is 0 Å². The van der Waals surface area contributed by atoms with Crippen LogP contribution >= 0.6 is 0 Å². The van der Waals surface area contributed by atoms with Gasteiger partial charge in [0.25, 0.3) is 5.91 Å². The van der Waals surface area contributed by atoms with E-state index in [0.29, 0.717) is 28.5 Å². The highest BCUT2D eigenvalue weighted by Gasteiger charge is 2.18. The van der Waals surface area contributed by atoms with E-state index >= 15 is 0 Å². The summed E-state index contributed by atoms with van der Waals surface area (Å²) in [5, 5.41) is 11.4. The first kappa shape index (κ1) is 21.4. The minimum absolute atomic E-state index is 0.352. The van der Waals surface area contributed by atoms with Gasteiger partial charge in [-0.25, -0.2) is 4.79 Å². The largest absolute Gasteiger partial charge is 0.482 e. The third kappa shape index (κ3) is 6.61. The normalized spacial score (nSPS) is 11.0. The summed E-state index contributed by atoms with van der Waals surface area (Å²) in [6.45, 7) is 1.12. The van der Waals surface area contributed by atoms with E-state index in [1.165, 1.54) is 6.92 Å². The molecule has 31 heavy (non-hydrogen) atoms. The number of anilines is 1. The molecule has 3 rings (SSSR count). The standard InChI is InChI=1S/C24H20N2O5/c1-17(30-23(27)16-29-20-11-7-18(15-25)8-12-20)24(28)26-19-9-13-22(14-10-19)31-21-5-3-2-4-6-21/h2-14,17H,16H2,1H3,(H,26,28). The van der Waals surface area contributed by atoms with Crippen LogP contribution in [-0.4, -0.2) is 24.6 Å². The van der Waals surface area contributed by atoms with Crippen LogP contribution in [0.1, 0.15) is 12.5 Å². The van der Waals surface area contributed by atoms with Crippen molar-refractivity contribution in [1.29, 1.82) is 5.26 Å². The molecule has 156 valence electrons.